The summed E-state index contributed by atoms with van der Waals surface area (Å²) in [7, 11) is 5.50. The molecule has 1 aliphatic heterocycles. The second kappa shape index (κ2) is 12.0. The molecule has 0 radical (unpaired) electrons. The number of aliphatic hydroxyl groups is 5. The van der Waals surface area contributed by atoms with Crippen molar-refractivity contribution in [2.75, 3.05) is 34.3 Å². The average molecular weight is 482 g/mol. The molecule has 0 aromatic carbocycles. The molecule has 1 fully saturated rings. The van der Waals surface area contributed by atoms with E-state index in [1.807, 2.05) is 21.1 Å². The molecule has 6 N–H and O–H groups in total. The number of hydrogen-bond donors (Lipinski definition) is 6. The van der Waals surface area contributed by atoms with E-state index in [9.17, 15) is 34.8 Å². The first kappa shape index (κ1) is 29.2. The third kappa shape index (κ3) is 9.88. The predicted molar refractivity (Wildman–Crippen MR) is 111 cm³/mol. The molecule has 33 heavy (non-hydrogen) atoms. The zero-order valence-corrected chi connectivity index (χ0v) is 19.6. The largest absolute Gasteiger partial charge is 0.425 e. The molecule has 0 saturated carbocycles. The summed E-state index contributed by atoms with van der Waals surface area (Å²) in [5.74, 6) is -5.38. The van der Waals surface area contributed by atoms with Crippen LogP contribution in [0.4, 0.5) is 0 Å². The van der Waals surface area contributed by atoms with Crippen LogP contribution in [-0.4, -0.2) is 125 Å². The van der Waals surface area contributed by atoms with Gasteiger partial charge in [0.15, 0.2) is 0 Å². The zero-order chi connectivity index (χ0) is 25.6. The second-order valence-corrected chi connectivity index (χ2v) is 9.30. The molecular weight excluding hydrogens is 444 g/mol. The molecule has 3 unspecified atom stereocenters. The Morgan fingerprint density at radius 3 is 2.30 bits per heavy atom. The molecule has 1 saturated heterocycles. The molecule has 0 bridgehead atoms. The fourth-order valence-corrected chi connectivity index (χ4v) is 3.51. The van der Waals surface area contributed by atoms with Crippen molar-refractivity contribution in [3.8, 4) is 0 Å². The number of nitrogens with one attached hydrogen (secondary N) is 1. The Hall–Kier alpha value is -1.87. The van der Waals surface area contributed by atoms with E-state index in [4.69, 9.17) is 19.3 Å². The maximum Gasteiger partial charge on any atom is 0.369 e. The van der Waals surface area contributed by atoms with Gasteiger partial charge in [-0.3, -0.25) is 9.59 Å². The van der Waals surface area contributed by atoms with Crippen molar-refractivity contribution in [1.82, 2.24) is 5.32 Å². The van der Waals surface area contributed by atoms with Gasteiger partial charge in [0.25, 0.3) is 5.79 Å². The van der Waals surface area contributed by atoms with E-state index < -0.39 is 73.4 Å². The molecule has 0 aliphatic carbocycles. The molecule has 1 aliphatic rings. The third-order valence-electron chi connectivity index (χ3n) is 4.78. The number of rotatable bonds is 11. The Labute approximate surface area is 192 Å². The minimum absolute atomic E-state index is 0.283. The summed E-state index contributed by atoms with van der Waals surface area (Å²) in [6.45, 7) is 2.04. The van der Waals surface area contributed by atoms with Crippen LogP contribution in [-0.2, 0) is 28.6 Å². The number of hydrogen-bond acceptors (Lipinski definition) is 11. The zero-order valence-electron chi connectivity index (χ0n) is 19.6. The van der Waals surface area contributed by atoms with Gasteiger partial charge in [-0.15, -0.1) is 0 Å². The van der Waals surface area contributed by atoms with Gasteiger partial charge in [0.05, 0.1) is 58.5 Å². The van der Waals surface area contributed by atoms with Crippen LogP contribution in [0, 0.1) is 0 Å². The highest BCUT2D eigenvalue weighted by Gasteiger charge is 2.52. The summed E-state index contributed by atoms with van der Waals surface area (Å²) >= 11 is 0. The van der Waals surface area contributed by atoms with Gasteiger partial charge in [-0.25, -0.2) is 4.79 Å². The second-order valence-electron chi connectivity index (χ2n) is 9.30. The normalized spacial score (nSPS) is 28.4. The number of amides is 1. The summed E-state index contributed by atoms with van der Waals surface area (Å²) < 4.78 is 15.7. The van der Waals surface area contributed by atoms with Crippen molar-refractivity contribution in [2.24, 2.45) is 0 Å². The fraction of sp³-hybridized carbons (Fsp3) is 0.850. The van der Waals surface area contributed by atoms with E-state index in [0.29, 0.717) is 4.48 Å². The summed E-state index contributed by atoms with van der Waals surface area (Å²) in [6, 6.07) is -1.07. The number of likely N-dealkylation sites (N-methyl/N-ethyl adjacent to an activating group) is 1. The summed E-state index contributed by atoms with van der Waals surface area (Å²) in [6.07, 6.45) is -7.77. The van der Waals surface area contributed by atoms with Crippen molar-refractivity contribution in [1.29, 1.82) is 0 Å². The highest BCUT2D eigenvalue weighted by molar-refractivity contribution is 5.78. The Kier molecular flexibility index (Phi) is 10.6. The lowest BCUT2D eigenvalue weighted by atomic mass is 9.90. The van der Waals surface area contributed by atoms with Crippen LogP contribution < -0.4 is 5.32 Å². The number of carbonyl (C=O) groups excluding carboxylic acids is 3. The van der Waals surface area contributed by atoms with Crippen LogP contribution in [0.15, 0.2) is 0 Å². The van der Waals surface area contributed by atoms with Gasteiger partial charge in [0.1, 0.15) is 12.6 Å². The first-order valence-electron chi connectivity index (χ1n) is 10.6. The molecule has 1 rings (SSSR count). The van der Waals surface area contributed by atoms with Crippen LogP contribution in [0.1, 0.15) is 33.1 Å². The van der Waals surface area contributed by atoms with Crippen molar-refractivity contribution in [2.45, 2.75) is 75.6 Å². The maximum absolute atomic E-state index is 12.5. The molecular formula is C20H37N2O11+. The Morgan fingerprint density at radius 1 is 1.18 bits per heavy atom. The lowest BCUT2D eigenvalue weighted by Gasteiger charge is -2.43. The van der Waals surface area contributed by atoms with Gasteiger partial charge in [0.2, 0.25) is 12.2 Å². The highest BCUT2D eigenvalue weighted by Crippen LogP contribution is 2.31. The van der Waals surface area contributed by atoms with E-state index in [1.165, 1.54) is 13.8 Å². The van der Waals surface area contributed by atoms with Gasteiger partial charge in [0, 0.05) is 26.7 Å². The molecule has 0 spiro atoms. The van der Waals surface area contributed by atoms with Crippen molar-refractivity contribution >= 4 is 17.8 Å². The van der Waals surface area contributed by atoms with Crippen molar-refractivity contribution in [3.63, 3.8) is 0 Å². The Morgan fingerprint density at radius 2 is 1.79 bits per heavy atom. The van der Waals surface area contributed by atoms with Gasteiger partial charge in [-0.1, -0.05) is 0 Å². The number of esters is 2. The summed E-state index contributed by atoms with van der Waals surface area (Å²) in [5.41, 5.74) is 0. The van der Waals surface area contributed by atoms with Crippen LogP contribution in [0.3, 0.4) is 0 Å². The van der Waals surface area contributed by atoms with Gasteiger partial charge in [-0.2, -0.15) is 0 Å². The first-order valence-corrected chi connectivity index (χ1v) is 10.6. The topological polar surface area (TPSA) is 192 Å². The SMILES string of the molecule is CC(=O)N[C@H]1C(C[C@H](O)CO)O[C@@](O)(C(=O)OC(C)OC(=O)CC(O)C[N+](C)(C)C)C[C@H]1O. The molecule has 0 aromatic rings. The van der Waals surface area contributed by atoms with Crippen LogP contribution in [0.2, 0.25) is 0 Å². The van der Waals surface area contributed by atoms with Crippen molar-refractivity contribution < 1.29 is 58.6 Å². The molecule has 7 atom stereocenters. The number of quaternary nitrogens is 1. The number of ether oxygens (including phenoxy) is 3. The quantitative estimate of drug-likeness (QED) is 0.0998. The lowest BCUT2D eigenvalue weighted by molar-refractivity contribution is -0.873. The van der Waals surface area contributed by atoms with Crippen LogP contribution in [0.25, 0.3) is 0 Å². The average Bonchev–Trinajstić information content (AvgIpc) is 2.62. The lowest BCUT2D eigenvalue weighted by Crippen LogP contribution is -2.64. The highest BCUT2D eigenvalue weighted by atomic mass is 16.7. The number of carbonyl (C=O) groups is 3. The standard InChI is InChI=1S/C20H36N2O11/c1-11(24)21-18-15(27)8-20(30,33-16(18)6-14(26)10-23)19(29)32-12(2)31-17(28)7-13(25)9-22(3,4)5/h12-16,18,23,25-27,30H,6-10H2,1-5H3/p+1/t12?,13?,14-,15+,16?,18+,20+/m0/s1. The van der Waals surface area contributed by atoms with Gasteiger partial charge < -0.3 is 49.5 Å². The smallest absolute Gasteiger partial charge is 0.369 e. The monoisotopic (exact) mass is 481 g/mol. The molecule has 192 valence electrons. The van der Waals surface area contributed by atoms with Crippen molar-refractivity contribution in [3.05, 3.63) is 0 Å². The minimum atomic E-state index is -2.67. The third-order valence-corrected chi connectivity index (χ3v) is 4.78. The Bertz CT molecular complexity index is 683. The minimum Gasteiger partial charge on any atom is -0.425 e. The number of nitrogens with zero attached hydrogens (tertiary/aromatic N) is 1. The maximum atomic E-state index is 12.5. The van der Waals surface area contributed by atoms with E-state index in [1.54, 1.807) is 0 Å². The predicted octanol–water partition coefficient (Wildman–Crippen LogP) is -3.04. The van der Waals surface area contributed by atoms with Gasteiger partial charge >= 0.3 is 11.9 Å². The molecule has 1 heterocycles. The van der Waals surface area contributed by atoms with E-state index >= 15 is 0 Å². The van der Waals surface area contributed by atoms with Gasteiger partial charge in [-0.05, 0) is 0 Å². The fourth-order valence-electron chi connectivity index (χ4n) is 3.51. The van der Waals surface area contributed by atoms with Crippen LogP contribution in [0.5, 0.6) is 0 Å². The van der Waals surface area contributed by atoms with E-state index in [-0.39, 0.29) is 19.4 Å². The summed E-state index contributed by atoms with van der Waals surface area (Å²) in [5, 5.41) is 52.3. The first-order chi connectivity index (χ1) is 15.1. The van der Waals surface area contributed by atoms with E-state index in [0.717, 1.165) is 0 Å². The molecule has 13 nitrogen and oxygen atoms in total. The summed E-state index contributed by atoms with van der Waals surface area (Å²) in [4.78, 5) is 36.0. The number of aliphatic hydroxyl groups excluding tert-OH is 4. The molecule has 13 heteroatoms. The Balaban J connectivity index is 2.78. The van der Waals surface area contributed by atoms with Crippen LogP contribution >= 0.6 is 0 Å². The van der Waals surface area contributed by atoms with E-state index in [2.05, 4.69) is 5.32 Å². The molecule has 0 aromatic heterocycles. The molecule has 1 amide bonds.